The molecule has 1 aromatic heterocycles. The second-order valence-corrected chi connectivity index (χ2v) is 6.30. The molecule has 102 valence electrons. The molecule has 0 atom stereocenters. The molecule has 0 aliphatic rings. The number of sulfonamides is 1. The first kappa shape index (κ1) is 14.1. The van der Waals surface area contributed by atoms with Crippen LogP contribution >= 0.6 is 15.9 Å². The Morgan fingerprint density at radius 1 is 1.21 bits per heavy atom. The Balaban J connectivity index is 2.25. The Hall–Kier alpha value is -1.31. The molecular weight excluding hydrogens is 332 g/mol. The highest BCUT2D eigenvalue weighted by Crippen LogP contribution is 2.25. The van der Waals surface area contributed by atoms with Crippen molar-refractivity contribution >= 4 is 31.6 Å². The van der Waals surface area contributed by atoms with Crippen LogP contribution in [0.3, 0.4) is 0 Å². The van der Waals surface area contributed by atoms with Crippen LogP contribution in [-0.2, 0) is 16.6 Å². The molecule has 0 radical (unpaired) electrons. The Bertz CT molecular complexity index is 667. The molecule has 5 nitrogen and oxygen atoms in total. The van der Waals surface area contributed by atoms with Crippen LogP contribution in [-0.4, -0.2) is 15.5 Å². The number of furan rings is 1. The van der Waals surface area contributed by atoms with Gasteiger partial charge in [0.25, 0.3) is 10.0 Å². The predicted octanol–water partition coefficient (Wildman–Crippen LogP) is 2.56. The van der Waals surface area contributed by atoms with Crippen molar-refractivity contribution in [2.75, 3.05) is 11.8 Å². The minimum absolute atomic E-state index is 0.103. The summed E-state index contributed by atoms with van der Waals surface area (Å²) in [5, 5.41) is 2.79. The summed E-state index contributed by atoms with van der Waals surface area (Å²) in [5.74, 6) is 0.565. The van der Waals surface area contributed by atoms with Gasteiger partial charge in [-0.1, -0.05) is 12.1 Å². The van der Waals surface area contributed by atoms with Gasteiger partial charge in [0.05, 0.1) is 12.2 Å². The highest BCUT2D eigenvalue weighted by molar-refractivity contribution is 9.10. The minimum atomic E-state index is -3.71. The van der Waals surface area contributed by atoms with Crippen molar-refractivity contribution in [2.24, 2.45) is 0 Å². The maximum atomic E-state index is 12.1. The monoisotopic (exact) mass is 344 g/mol. The third kappa shape index (κ3) is 3.37. The number of anilines is 1. The fraction of sp³-hybridized carbons (Fsp3) is 0.167. The molecule has 0 saturated carbocycles. The van der Waals surface area contributed by atoms with Crippen LogP contribution in [0.15, 0.2) is 50.4 Å². The second-order valence-electron chi connectivity index (χ2n) is 3.84. The number of nitrogens with one attached hydrogen (secondary N) is 2. The SMILES string of the molecule is CNCc1ccc(S(=O)(=O)Nc2ccccc2Br)o1. The largest absolute Gasteiger partial charge is 0.446 e. The summed E-state index contributed by atoms with van der Waals surface area (Å²) in [6, 6.07) is 10.0. The third-order valence-electron chi connectivity index (χ3n) is 2.37. The first-order valence-electron chi connectivity index (χ1n) is 5.53. The highest BCUT2D eigenvalue weighted by Gasteiger charge is 2.19. The number of para-hydroxylation sites is 1. The molecule has 19 heavy (non-hydrogen) atoms. The maximum Gasteiger partial charge on any atom is 0.295 e. The summed E-state index contributed by atoms with van der Waals surface area (Å²) in [6.07, 6.45) is 0. The maximum absolute atomic E-state index is 12.1. The molecule has 0 spiro atoms. The molecule has 2 aromatic rings. The molecule has 0 saturated heterocycles. The van der Waals surface area contributed by atoms with Crippen LogP contribution in [0.4, 0.5) is 5.69 Å². The molecule has 1 heterocycles. The molecular formula is C12H13BrN2O3S. The number of benzene rings is 1. The van der Waals surface area contributed by atoms with Crippen LogP contribution < -0.4 is 10.0 Å². The summed E-state index contributed by atoms with van der Waals surface area (Å²) in [5.41, 5.74) is 0.467. The quantitative estimate of drug-likeness (QED) is 0.874. The summed E-state index contributed by atoms with van der Waals surface area (Å²) >= 11 is 3.28. The average molecular weight is 345 g/mol. The first-order valence-corrected chi connectivity index (χ1v) is 7.81. The van der Waals surface area contributed by atoms with Crippen molar-refractivity contribution in [1.29, 1.82) is 0 Å². The fourth-order valence-electron chi connectivity index (χ4n) is 1.51. The zero-order valence-electron chi connectivity index (χ0n) is 10.2. The zero-order chi connectivity index (χ0) is 13.9. The van der Waals surface area contributed by atoms with Gasteiger partial charge in [-0.2, -0.15) is 8.42 Å². The molecule has 0 fully saturated rings. The molecule has 2 N–H and O–H groups in total. The van der Waals surface area contributed by atoms with Gasteiger partial charge in [-0.15, -0.1) is 0 Å². The number of halogens is 1. The summed E-state index contributed by atoms with van der Waals surface area (Å²) < 4.78 is 32.7. The van der Waals surface area contributed by atoms with E-state index in [1.165, 1.54) is 6.07 Å². The first-order chi connectivity index (χ1) is 9.03. The van der Waals surface area contributed by atoms with Gasteiger partial charge in [0.1, 0.15) is 5.76 Å². The lowest BCUT2D eigenvalue weighted by molar-refractivity contribution is 0.408. The van der Waals surface area contributed by atoms with E-state index in [4.69, 9.17) is 4.42 Å². The minimum Gasteiger partial charge on any atom is -0.446 e. The molecule has 0 unspecified atom stereocenters. The standard InChI is InChI=1S/C12H13BrN2O3S/c1-14-8-9-6-7-12(18-9)19(16,17)15-11-5-3-2-4-10(11)13/h2-7,14-15H,8H2,1H3. The third-order valence-corrected chi connectivity index (χ3v) is 4.30. The topological polar surface area (TPSA) is 71.3 Å². The molecule has 7 heteroatoms. The van der Waals surface area contributed by atoms with E-state index in [0.717, 1.165) is 0 Å². The van der Waals surface area contributed by atoms with E-state index in [9.17, 15) is 8.42 Å². The Morgan fingerprint density at radius 2 is 1.95 bits per heavy atom. The fourth-order valence-corrected chi connectivity index (χ4v) is 3.06. The van der Waals surface area contributed by atoms with Crippen LogP contribution in [0.25, 0.3) is 0 Å². The van der Waals surface area contributed by atoms with Crippen molar-refractivity contribution in [3.63, 3.8) is 0 Å². The van der Waals surface area contributed by atoms with Gasteiger partial charge in [0.15, 0.2) is 0 Å². The number of rotatable bonds is 5. The van der Waals surface area contributed by atoms with Gasteiger partial charge in [-0.25, -0.2) is 0 Å². The molecule has 0 aliphatic carbocycles. The van der Waals surface area contributed by atoms with Crippen molar-refractivity contribution in [3.8, 4) is 0 Å². The van der Waals surface area contributed by atoms with Crippen molar-refractivity contribution in [1.82, 2.24) is 5.32 Å². The molecule has 0 aliphatic heterocycles. The number of hydrogen-bond acceptors (Lipinski definition) is 4. The normalized spacial score (nSPS) is 11.5. The lowest BCUT2D eigenvalue weighted by Crippen LogP contribution is -2.12. The second kappa shape index (κ2) is 5.77. The van der Waals surface area contributed by atoms with Gasteiger partial charge in [-0.3, -0.25) is 4.72 Å². The Kier molecular flexibility index (Phi) is 4.28. The lowest BCUT2D eigenvalue weighted by atomic mass is 10.3. The van der Waals surface area contributed by atoms with Gasteiger partial charge >= 0.3 is 0 Å². The van der Waals surface area contributed by atoms with E-state index in [1.54, 1.807) is 37.4 Å². The van der Waals surface area contributed by atoms with E-state index >= 15 is 0 Å². The van der Waals surface area contributed by atoms with Gasteiger partial charge in [-0.05, 0) is 47.2 Å². The Morgan fingerprint density at radius 3 is 2.63 bits per heavy atom. The van der Waals surface area contributed by atoms with Crippen molar-refractivity contribution in [3.05, 3.63) is 46.6 Å². The predicted molar refractivity (Wildman–Crippen MR) is 76.4 cm³/mol. The highest BCUT2D eigenvalue weighted by atomic mass is 79.9. The molecule has 1 aromatic carbocycles. The van der Waals surface area contributed by atoms with Crippen LogP contribution in [0, 0.1) is 0 Å². The van der Waals surface area contributed by atoms with Crippen molar-refractivity contribution < 1.29 is 12.8 Å². The van der Waals surface area contributed by atoms with Crippen LogP contribution in [0.1, 0.15) is 5.76 Å². The molecule has 0 bridgehead atoms. The van der Waals surface area contributed by atoms with Crippen LogP contribution in [0.2, 0.25) is 0 Å². The molecule has 2 rings (SSSR count). The number of hydrogen-bond donors (Lipinski definition) is 2. The van der Waals surface area contributed by atoms with E-state index in [0.29, 0.717) is 22.5 Å². The summed E-state index contributed by atoms with van der Waals surface area (Å²) in [6.45, 7) is 0.477. The smallest absolute Gasteiger partial charge is 0.295 e. The average Bonchev–Trinajstić information content (AvgIpc) is 2.82. The van der Waals surface area contributed by atoms with E-state index in [2.05, 4.69) is 26.0 Å². The van der Waals surface area contributed by atoms with Crippen LogP contribution in [0.5, 0.6) is 0 Å². The lowest BCUT2D eigenvalue weighted by Gasteiger charge is -2.07. The summed E-state index contributed by atoms with van der Waals surface area (Å²) in [4.78, 5) is 0. The van der Waals surface area contributed by atoms with E-state index < -0.39 is 10.0 Å². The summed E-state index contributed by atoms with van der Waals surface area (Å²) in [7, 11) is -1.95. The van der Waals surface area contributed by atoms with Gasteiger partial charge in [0, 0.05) is 4.47 Å². The van der Waals surface area contributed by atoms with Gasteiger partial charge in [0.2, 0.25) is 5.09 Å². The van der Waals surface area contributed by atoms with E-state index in [-0.39, 0.29) is 5.09 Å². The zero-order valence-corrected chi connectivity index (χ0v) is 12.6. The van der Waals surface area contributed by atoms with Gasteiger partial charge < -0.3 is 9.73 Å². The Labute approximate surface area is 120 Å². The van der Waals surface area contributed by atoms with Crippen molar-refractivity contribution in [2.45, 2.75) is 11.6 Å². The van der Waals surface area contributed by atoms with E-state index in [1.807, 2.05) is 0 Å². The molecule has 0 amide bonds.